The van der Waals surface area contributed by atoms with Crippen molar-refractivity contribution in [3.63, 3.8) is 0 Å². The molecule has 1 aliphatic carbocycles. The highest BCUT2D eigenvalue weighted by Crippen LogP contribution is 2.38. The van der Waals surface area contributed by atoms with Crippen molar-refractivity contribution in [1.82, 2.24) is 4.90 Å². The van der Waals surface area contributed by atoms with E-state index in [0.29, 0.717) is 27.0 Å². The van der Waals surface area contributed by atoms with Crippen molar-refractivity contribution in [2.45, 2.75) is 55.7 Å². The molecule has 0 saturated heterocycles. The molecule has 0 spiro atoms. The number of anilines is 2. The molecule has 0 amide bonds. The number of nitrogens with zero attached hydrogens (tertiary/aromatic N) is 1. The molecular formula is C24H30Cl2N2O2S. The summed E-state index contributed by atoms with van der Waals surface area (Å²) in [5.41, 5.74) is 1.95. The maximum absolute atomic E-state index is 12.4. The molecule has 7 heteroatoms. The first kappa shape index (κ1) is 24.2. The Bertz CT molecular complexity index is 898. The number of carbonyl (C=O) groups is 1. The fraction of sp³-hybridized carbons (Fsp3) is 0.458. The van der Waals surface area contributed by atoms with Gasteiger partial charge in [0.2, 0.25) is 0 Å². The largest absolute Gasteiger partial charge is 0.481 e. The smallest absolute Gasteiger partial charge is 0.312 e. The number of rotatable bonds is 8. The highest BCUT2D eigenvalue weighted by atomic mass is 35.5. The normalized spacial score (nSPS) is 17.9. The lowest BCUT2D eigenvalue weighted by molar-refractivity contribution is -0.140. The van der Waals surface area contributed by atoms with Gasteiger partial charge in [-0.05, 0) is 50.6 Å². The number of hydrogen-bond acceptors (Lipinski definition) is 4. The molecule has 2 aromatic rings. The van der Waals surface area contributed by atoms with Crippen molar-refractivity contribution >= 4 is 53.2 Å². The van der Waals surface area contributed by atoms with Gasteiger partial charge in [-0.1, -0.05) is 66.7 Å². The first-order valence-electron chi connectivity index (χ1n) is 10.7. The van der Waals surface area contributed by atoms with Crippen molar-refractivity contribution in [2.24, 2.45) is 0 Å². The zero-order valence-corrected chi connectivity index (χ0v) is 20.4. The summed E-state index contributed by atoms with van der Waals surface area (Å²) in [7, 11) is 1.99. The predicted molar refractivity (Wildman–Crippen MR) is 133 cm³/mol. The maximum Gasteiger partial charge on any atom is 0.312 e. The van der Waals surface area contributed by atoms with E-state index < -0.39 is 11.9 Å². The number of halogens is 2. The lowest BCUT2D eigenvalue weighted by Gasteiger charge is -2.40. The van der Waals surface area contributed by atoms with Crippen LogP contribution in [0.1, 0.15) is 50.5 Å². The number of benzene rings is 2. The molecule has 4 nitrogen and oxygen atoms in total. The molecule has 0 aliphatic heterocycles. The quantitative estimate of drug-likeness (QED) is 0.361. The molecule has 2 aromatic carbocycles. The van der Waals surface area contributed by atoms with Crippen LogP contribution in [0, 0.1) is 0 Å². The van der Waals surface area contributed by atoms with Gasteiger partial charge in [0.15, 0.2) is 0 Å². The van der Waals surface area contributed by atoms with Crippen LogP contribution in [0.2, 0.25) is 10.0 Å². The van der Waals surface area contributed by atoms with Crippen molar-refractivity contribution in [3.05, 3.63) is 58.1 Å². The molecule has 0 bridgehead atoms. The second kappa shape index (κ2) is 10.5. The molecule has 0 heterocycles. The van der Waals surface area contributed by atoms with Gasteiger partial charge in [-0.3, -0.25) is 4.79 Å². The fourth-order valence-electron chi connectivity index (χ4n) is 4.46. The predicted octanol–water partition coefficient (Wildman–Crippen LogP) is 6.86. The third kappa shape index (κ3) is 5.89. The van der Waals surface area contributed by atoms with E-state index in [4.69, 9.17) is 35.8 Å². The van der Waals surface area contributed by atoms with E-state index in [0.717, 1.165) is 19.4 Å². The average molecular weight is 481 g/mol. The number of hydrogen-bond donors (Lipinski definition) is 3. The van der Waals surface area contributed by atoms with Crippen molar-refractivity contribution < 1.29 is 9.90 Å². The molecule has 0 radical (unpaired) electrons. The number of aliphatic carboxylic acids is 1. The van der Waals surface area contributed by atoms with E-state index in [1.165, 1.54) is 19.3 Å². The standard InChI is InChI=1S/C24H30Cl2N2O2S/c1-16(28(2)15-24(31)13-6-3-7-14-24)21(23(29)30)17-9-4-5-12-20(17)27-22-18(25)10-8-11-19(22)26/h4-5,8-12,16,21,27,31H,3,6-7,13-15H2,1-2H3,(H,29,30). The van der Waals surface area contributed by atoms with Gasteiger partial charge in [0, 0.05) is 23.0 Å². The molecular weight excluding hydrogens is 451 g/mol. The topological polar surface area (TPSA) is 52.6 Å². The zero-order chi connectivity index (χ0) is 22.6. The Kier molecular flexibility index (Phi) is 8.19. The van der Waals surface area contributed by atoms with Crippen LogP contribution in [0.4, 0.5) is 11.4 Å². The third-order valence-corrected chi connectivity index (χ3v) is 7.51. The fourth-order valence-corrected chi connectivity index (χ4v) is 5.50. The van der Waals surface area contributed by atoms with Gasteiger partial charge in [0.05, 0.1) is 21.7 Å². The van der Waals surface area contributed by atoms with Gasteiger partial charge in [-0.15, -0.1) is 0 Å². The summed E-state index contributed by atoms with van der Waals surface area (Å²) in [6.07, 6.45) is 5.74. The minimum Gasteiger partial charge on any atom is -0.481 e. The minimum atomic E-state index is -0.865. The second-order valence-electron chi connectivity index (χ2n) is 8.57. The zero-order valence-electron chi connectivity index (χ0n) is 17.9. The molecule has 168 valence electrons. The lowest BCUT2D eigenvalue weighted by Crippen LogP contribution is -2.46. The van der Waals surface area contributed by atoms with E-state index >= 15 is 0 Å². The monoisotopic (exact) mass is 480 g/mol. The summed E-state index contributed by atoms with van der Waals surface area (Å²) >= 11 is 17.6. The molecule has 31 heavy (non-hydrogen) atoms. The van der Waals surface area contributed by atoms with Gasteiger partial charge >= 0.3 is 5.97 Å². The SMILES string of the molecule is CC(C(C(=O)O)c1ccccc1Nc1c(Cl)cccc1Cl)N(C)CC1(S)CCCCC1. The number of para-hydroxylation sites is 2. The van der Waals surface area contributed by atoms with Gasteiger partial charge in [-0.25, -0.2) is 0 Å². The number of carboxylic acids is 1. The van der Waals surface area contributed by atoms with Crippen molar-refractivity contribution in [1.29, 1.82) is 0 Å². The van der Waals surface area contributed by atoms with E-state index in [1.807, 2.05) is 38.2 Å². The third-order valence-electron chi connectivity index (χ3n) is 6.29. The Morgan fingerprint density at radius 1 is 1.13 bits per heavy atom. The van der Waals surface area contributed by atoms with Crippen LogP contribution in [-0.2, 0) is 4.79 Å². The number of nitrogens with one attached hydrogen (secondary N) is 1. The van der Waals surface area contributed by atoms with Gasteiger partial charge in [-0.2, -0.15) is 12.6 Å². The van der Waals surface area contributed by atoms with Crippen LogP contribution in [0.5, 0.6) is 0 Å². The molecule has 3 rings (SSSR count). The van der Waals surface area contributed by atoms with E-state index in [2.05, 4.69) is 10.2 Å². The number of thiol groups is 1. The van der Waals surface area contributed by atoms with Crippen LogP contribution in [0.25, 0.3) is 0 Å². The van der Waals surface area contributed by atoms with E-state index in [-0.39, 0.29) is 10.8 Å². The Morgan fingerprint density at radius 3 is 2.35 bits per heavy atom. The van der Waals surface area contributed by atoms with Gasteiger partial charge in [0.1, 0.15) is 0 Å². The van der Waals surface area contributed by atoms with Gasteiger partial charge < -0.3 is 15.3 Å². The van der Waals surface area contributed by atoms with E-state index in [1.54, 1.807) is 18.2 Å². The summed E-state index contributed by atoms with van der Waals surface area (Å²) < 4.78 is -0.0623. The Balaban J connectivity index is 1.88. The first-order valence-corrected chi connectivity index (χ1v) is 11.9. The molecule has 2 atom stereocenters. The summed E-state index contributed by atoms with van der Waals surface area (Å²) in [5, 5.41) is 14.4. The van der Waals surface area contributed by atoms with Crippen LogP contribution >= 0.6 is 35.8 Å². The van der Waals surface area contributed by atoms with Gasteiger partial charge in [0.25, 0.3) is 0 Å². The Morgan fingerprint density at radius 2 is 1.74 bits per heavy atom. The second-order valence-corrected chi connectivity index (χ2v) is 10.3. The highest BCUT2D eigenvalue weighted by Gasteiger charge is 2.36. The molecule has 1 fully saturated rings. The molecule has 2 N–H and O–H groups in total. The molecule has 1 saturated carbocycles. The van der Waals surface area contributed by atoms with Crippen molar-refractivity contribution in [2.75, 3.05) is 18.9 Å². The van der Waals surface area contributed by atoms with E-state index in [9.17, 15) is 9.90 Å². The minimum absolute atomic E-state index is 0.0623. The summed E-state index contributed by atoms with van der Waals surface area (Å²) in [6.45, 7) is 2.73. The van der Waals surface area contributed by atoms with Crippen LogP contribution < -0.4 is 5.32 Å². The Labute approximate surface area is 200 Å². The average Bonchev–Trinajstić information content (AvgIpc) is 2.72. The Hall–Kier alpha value is -1.40. The highest BCUT2D eigenvalue weighted by molar-refractivity contribution is 7.81. The lowest BCUT2D eigenvalue weighted by atomic mass is 9.86. The molecule has 0 aromatic heterocycles. The maximum atomic E-state index is 12.4. The molecule has 1 aliphatic rings. The number of likely N-dealkylation sites (N-methyl/N-ethyl adjacent to an activating group) is 1. The van der Waals surface area contributed by atoms with Crippen LogP contribution in [0.15, 0.2) is 42.5 Å². The van der Waals surface area contributed by atoms with Crippen LogP contribution in [0.3, 0.4) is 0 Å². The van der Waals surface area contributed by atoms with Crippen molar-refractivity contribution in [3.8, 4) is 0 Å². The first-order chi connectivity index (χ1) is 14.7. The summed E-state index contributed by atoms with van der Waals surface area (Å²) in [4.78, 5) is 14.6. The summed E-state index contributed by atoms with van der Waals surface area (Å²) in [5.74, 6) is -1.59. The summed E-state index contributed by atoms with van der Waals surface area (Å²) in [6, 6.07) is 12.5. The van der Waals surface area contributed by atoms with Crippen LogP contribution in [-0.4, -0.2) is 40.4 Å². The number of carboxylic acid groups (broad SMARTS) is 1. The molecule has 2 unspecified atom stereocenters.